The summed E-state index contributed by atoms with van der Waals surface area (Å²) >= 11 is 1.69. The average Bonchev–Trinajstić information content (AvgIpc) is 2.89. The maximum absolute atomic E-state index is 11.4. The molecule has 0 saturated carbocycles. The number of carbonyl (C=O) groups is 1. The highest BCUT2D eigenvalue weighted by molar-refractivity contribution is 7.13. The van der Waals surface area contributed by atoms with Crippen molar-refractivity contribution in [3.05, 3.63) is 11.1 Å². The number of anilines is 1. The molecule has 1 aliphatic rings. The fraction of sp³-hybridized carbons (Fsp3) is 0.750. The first-order chi connectivity index (χ1) is 10.0. The monoisotopic (exact) mass is 310 g/mol. The van der Waals surface area contributed by atoms with E-state index in [4.69, 9.17) is 9.72 Å². The van der Waals surface area contributed by atoms with Crippen LogP contribution in [0.25, 0.3) is 0 Å². The molecule has 0 aromatic carbocycles. The summed E-state index contributed by atoms with van der Waals surface area (Å²) in [7, 11) is 0. The van der Waals surface area contributed by atoms with E-state index in [0.717, 1.165) is 17.4 Å². The maximum Gasteiger partial charge on any atom is 0.306 e. The van der Waals surface area contributed by atoms with E-state index >= 15 is 0 Å². The van der Waals surface area contributed by atoms with Crippen molar-refractivity contribution in [1.29, 1.82) is 0 Å². The van der Waals surface area contributed by atoms with Crippen LogP contribution in [-0.2, 0) is 16.0 Å². The lowest BCUT2D eigenvalue weighted by atomic mass is 9.86. The first-order valence-corrected chi connectivity index (χ1v) is 8.75. The highest BCUT2D eigenvalue weighted by Crippen LogP contribution is 2.33. The van der Waals surface area contributed by atoms with Gasteiger partial charge >= 0.3 is 5.97 Å². The molecule has 1 saturated heterocycles. The zero-order valence-corrected chi connectivity index (χ0v) is 14.3. The molecule has 0 amide bonds. The second kappa shape index (κ2) is 7.25. The molecule has 4 nitrogen and oxygen atoms in total. The number of rotatable bonds is 5. The quantitative estimate of drug-likeness (QED) is 0.781. The molecule has 1 aromatic heterocycles. The number of ether oxygens (including phenoxy) is 1. The Bertz CT molecular complexity index is 475. The molecule has 21 heavy (non-hydrogen) atoms. The molecule has 118 valence electrons. The summed E-state index contributed by atoms with van der Waals surface area (Å²) in [6.45, 7) is 10.3. The minimum atomic E-state index is -0.138. The Labute approximate surface area is 131 Å². The second-order valence-corrected chi connectivity index (χ2v) is 6.97. The molecule has 0 aliphatic carbocycles. The lowest BCUT2D eigenvalue weighted by Gasteiger charge is -2.41. The Kier molecular flexibility index (Phi) is 5.62. The highest BCUT2D eigenvalue weighted by Gasteiger charge is 2.30. The van der Waals surface area contributed by atoms with Gasteiger partial charge in [0.15, 0.2) is 5.13 Å². The van der Waals surface area contributed by atoms with Crippen molar-refractivity contribution in [2.45, 2.75) is 53.0 Å². The van der Waals surface area contributed by atoms with Gasteiger partial charge in [-0.15, -0.1) is 11.3 Å². The summed E-state index contributed by atoms with van der Waals surface area (Å²) in [5.41, 5.74) is 1.00. The highest BCUT2D eigenvalue weighted by atomic mass is 32.1. The van der Waals surface area contributed by atoms with Crippen molar-refractivity contribution in [3.63, 3.8) is 0 Å². The zero-order chi connectivity index (χ0) is 15.4. The van der Waals surface area contributed by atoms with Crippen molar-refractivity contribution in [2.24, 2.45) is 11.8 Å². The molecule has 1 fully saturated rings. The fourth-order valence-electron chi connectivity index (χ4n) is 2.97. The average molecular weight is 310 g/mol. The lowest BCUT2D eigenvalue weighted by Crippen LogP contribution is -2.45. The van der Waals surface area contributed by atoms with Crippen molar-refractivity contribution >= 4 is 22.4 Å². The van der Waals surface area contributed by atoms with Crippen LogP contribution in [0.15, 0.2) is 5.38 Å². The number of esters is 1. The number of aromatic nitrogens is 1. The summed E-state index contributed by atoms with van der Waals surface area (Å²) in [5, 5.41) is 3.17. The van der Waals surface area contributed by atoms with E-state index in [1.54, 1.807) is 11.3 Å². The summed E-state index contributed by atoms with van der Waals surface area (Å²) in [6, 6.07) is 0.533. The number of piperidine rings is 1. The number of aryl methyl sites for hydroxylation is 1. The Morgan fingerprint density at radius 3 is 2.95 bits per heavy atom. The van der Waals surface area contributed by atoms with Crippen LogP contribution >= 0.6 is 11.3 Å². The lowest BCUT2D eigenvalue weighted by molar-refractivity contribution is -0.143. The largest absolute Gasteiger partial charge is 0.466 e. The molecule has 5 heteroatoms. The van der Waals surface area contributed by atoms with Crippen LogP contribution in [0.1, 0.15) is 46.2 Å². The van der Waals surface area contributed by atoms with Gasteiger partial charge in [0, 0.05) is 24.4 Å². The molecule has 2 rings (SSSR count). The van der Waals surface area contributed by atoms with Crippen molar-refractivity contribution in [3.8, 4) is 0 Å². The van der Waals surface area contributed by atoms with Gasteiger partial charge in [-0.25, -0.2) is 4.98 Å². The third-order valence-electron chi connectivity index (χ3n) is 4.27. The molecule has 2 heterocycles. The van der Waals surface area contributed by atoms with Gasteiger partial charge in [-0.1, -0.05) is 13.8 Å². The number of carbonyl (C=O) groups excluding carboxylic acids is 1. The van der Waals surface area contributed by atoms with Gasteiger partial charge < -0.3 is 9.64 Å². The summed E-state index contributed by atoms with van der Waals surface area (Å²) < 4.78 is 4.96. The molecule has 1 aromatic rings. The number of thiazole rings is 1. The Balaban J connectivity index is 1.97. The van der Waals surface area contributed by atoms with Crippen molar-refractivity contribution in [2.75, 3.05) is 18.1 Å². The molecular weight excluding hydrogens is 284 g/mol. The van der Waals surface area contributed by atoms with Gasteiger partial charge in [-0.05, 0) is 32.1 Å². The topological polar surface area (TPSA) is 42.4 Å². The molecule has 1 aliphatic heterocycles. The van der Waals surface area contributed by atoms with E-state index in [1.807, 2.05) is 6.92 Å². The third-order valence-corrected chi connectivity index (χ3v) is 5.20. The van der Waals surface area contributed by atoms with Crippen molar-refractivity contribution < 1.29 is 9.53 Å². The van der Waals surface area contributed by atoms with Gasteiger partial charge in [0.2, 0.25) is 0 Å². The predicted molar refractivity (Wildman–Crippen MR) is 86.8 cm³/mol. The smallest absolute Gasteiger partial charge is 0.306 e. The Hall–Kier alpha value is -1.10. The predicted octanol–water partition coefficient (Wildman–Crippen LogP) is 3.51. The molecule has 0 spiro atoms. The SMILES string of the molecule is CCOC(=O)CCc1csc(N2CC(C)CC(C)C2C)n1. The molecule has 0 N–H and O–H groups in total. The zero-order valence-electron chi connectivity index (χ0n) is 13.5. The van der Waals surface area contributed by atoms with Crippen LogP contribution in [0, 0.1) is 11.8 Å². The van der Waals surface area contributed by atoms with Crippen LogP contribution in [0.4, 0.5) is 5.13 Å². The van der Waals surface area contributed by atoms with E-state index in [1.165, 1.54) is 6.42 Å². The fourth-order valence-corrected chi connectivity index (χ4v) is 3.93. The van der Waals surface area contributed by atoms with E-state index in [9.17, 15) is 4.79 Å². The normalized spacial score (nSPS) is 25.9. The van der Waals surface area contributed by atoms with Crippen molar-refractivity contribution in [1.82, 2.24) is 4.98 Å². The van der Waals surface area contributed by atoms with E-state index in [2.05, 4.69) is 31.1 Å². The maximum atomic E-state index is 11.4. The van der Waals surface area contributed by atoms with Gasteiger partial charge in [-0.2, -0.15) is 0 Å². The number of nitrogens with zero attached hydrogens (tertiary/aromatic N) is 2. The Morgan fingerprint density at radius 2 is 2.24 bits per heavy atom. The molecular formula is C16H26N2O2S. The van der Waals surface area contributed by atoms with Gasteiger partial charge in [0.25, 0.3) is 0 Å². The van der Waals surface area contributed by atoms with E-state index in [-0.39, 0.29) is 5.97 Å². The molecule has 0 radical (unpaired) electrons. The van der Waals surface area contributed by atoms with Crippen LogP contribution in [0.5, 0.6) is 0 Å². The molecule has 3 atom stereocenters. The molecule has 3 unspecified atom stereocenters. The van der Waals surface area contributed by atoms with Crippen LogP contribution < -0.4 is 4.90 Å². The van der Waals surface area contributed by atoms with Crippen LogP contribution in [0.3, 0.4) is 0 Å². The van der Waals surface area contributed by atoms with Gasteiger partial charge in [0.1, 0.15) is 0 Å². The van der Waals surface area contributed by atoms with Gasteiger partial charge in [-0.3, -0.25) is 4.79 Å². The van der Waals surface area contributed by atoms with E-state index in [0.29, 0.717) is 37.3 Å². The standard InChI is InChI=1S/C16H26N2O2S/c1-5-20-15(19)7-6-14-10-21-16(17-14)18-9-11(2)8-12(3)13(18)4/h10-13H,5-9H2,1-4H3. The third kappa shape index (κ3) is 4.19. The summed E-state index contributed by atoms with van der Waals surface area (Å²) in [4.78, 5) is 18.6. The summed E-state index contributed by atoms with van der Waals surface area (Å²) in [5.74, 6) is 1.27. The molecule has 0 bridgehead atoms. The van der Waals surface area contributed by atoms with E-state index < -0.39 is 0 Å². The van der Waals surface area contributed by atoms with Crippen LogP contribution in [0.2, 0.25) is 0 Å². The first-order valence-electron chi connectivity index (χ1n) is 7.88. The van der Waals surface area contributed by atoms with Crippen LogP contribution in [-0.4, -0.2) is 30.1 Å². The first kappa shape index (κ1) is 16.3. The van der Waals surface area contributed by atoms with Gasteiger partial charge in [0.05, 0.1) is 18.7 Å². The Morgan fingerprint density at radius 1 is 1.48 bits per heavy atom. The minimum Gasteiger partial charge on any atom is -0.466 e. The number of hydrogen-bond donors (Lipinski definition) is 0. The number of hydrogen-bond acceptors (Lipinski definition) is 5. The second-order valence-electron chi connectivity index (χ2n) is 6.14. The summed E-state index contributed by atoms with van der Waals surface area (Å²) in [6.07, 6.45) is 2.38. The minimum absolute atomic E-state index is 0.138.